The maximum atomic E-state index is 12.9. The monoisotopic (exact) mass is 513 g/mol. The molecule has 6 nitrogen and oxygen atoms in total. The number of hydrogen-bond acceptors (Lipinski definition) is 7. The minimum atomic E-state index is -0.217. The number of halogens is 1. The number of phenolic OH excluding ortho intramolecular Hbond substituents is 1. The first kappa shape index (κ1) is 18.4. The van der Waals surface area contributed by atoms with E-state index in [0.29, 0.717) is 35.7 Å². The molecule has 2 aromatic rings. The number of rotatable bonds is 3. The number of carbonyl (C=O) groups is 1. The lowest BCUT2D eigenvalue weighted by Gasteiger charge is -2.14. The molecule has 9 heteroatoms. The molecule has 0 atom stereocenters. The number of benzene rings is 2. The highest BCUT2D eigenvalue weighted by Gasteiger charge is 2.34. The Morgan fingerprint density at radius 1 is 1.30 bits per heavy atom. The molecule has 1 amide bonds. The molecule has 0 saturated carbocycles. The van der Waals surface area contributed by atoms with E-state index < -0.39 is 0 Å². The van der Waals surface area contributed by atoms with Crippen molar-refractivity contribution in [3.8, 4) is 23.0 Å². The second-order valence-electron chi connectivity index (χ2n) is 5.61. The van der Waals surface area contributed by atoms with E-state index in [9.17, 15) is 9.90 Å². The van der Waals surface area contributed by atoms with Crippen molar-refractivity contribution in [1.82, 2.24) is 0 Å². The number of anilines is 1. The van der Waals surface area contributed by atoms with E-state index in [1.165, 1.54) is 23.8 Å². The Labute approximate surface area is 178 Å². The molecule has 0 radical (unpaired) electrons. The number of ether oxygens (including phenoxy) is 3. The van der Waals surface area contributed by atoms with Crippen molar-refractivity contribution in [2.75, 3.05) is 18.8 Å². The standard InChI is InChI=1S/C18H12INO5S2/c1-23-14-5-9(4-11(19)16(14)21)6-15-17(22)20(18(26)27-15)10-2-3-12-13(7-10)25-8-24-12/h2-7,21H,8H2,1H3/b15-6+. The van der Waals surface area contributed by atoms with Gasteiger partial charge < -0.3 is 19.3 Å². The van der Waals surface area contributed by atoms with Gasteiger partial charge in [-0.25, -0.2) is 0 Å². The van der Waals surface area contributed by atoms with Crippen LogP contribution in [0, 0.1) is 3.57 Å². The summed E-state index contributed by atoms with van der Waals surface area (Å²) in [6, 6.07) is 8.71. The first-order valence-corrected chi connectivity index (χ1v) is 10.0. The predicted molar refractivity (Wildman–Crippen MR) is 116 cm³/mol. The van der Waals surface area contributed by atoms with Crippen LogP contribution < -0.4 is 19.1 Å². The van der Waals surface area contributed by atoms with Gasteiger partial charge in [0.25, 0.3) is 5.91 Å². The highest BCUT2D eigenvalue weighted by molar-refractivity contribution is 14.1. The lowest BCUT2D eigenvalue weighted by molar-refractivity contribution is -0.113. The van der Waals surface area contributed by atoms with Gasteiger partial charge in [-0.15, -0.1) is 0 Å². The lowest BCUT2D eigenvalue weighted by Crippen LogP contribution is -2.27. The van der Waals surface area contributed by atoms with Crippen LogP contribution in [0.5, 0.6) is 23.0 Å². The van der Waals surface area contributed by atoms with Crippen LogP contribution in [0.4, 0.5) is 5.69 Å². The molecule has 0 aliphatic carbocycles. The number of aromatic hydroxyl groups is 1. The maximum absolute atomic E-state index is 12.9. The van der Waals surface area contributed by atoms with Gasteiger partial charge in [-0.1, -0.05) is 24.0 Å². The van der Waals surface area contributed by atoms with E-state index in [0.717, 1.165) is 5.56 Å². The molecule has 4 rings (SSSR count). The third-order valence-electron chi connectivity index (χ3n) is 3.98. The summed E-state index contributed by atoms with van der Waals surface area (Å²) in [5.74, 6) is 1.43. The van der Waals surface area contributed by atoms with Crippen molar-refractivity contribution in [2.45, 2.75) is 0 Å². The molecule has 2 heterocycles. The molecule has 0 spiro atoms. The second-order valence-corrected chi connectivity index (χ2v) is 8.45. The Balaban J connectivity index is 1.67. The maximum Gasteiger partial charge on any atom is 0.270 e. The van der Waals surface area contributed by atoms with E-state index in [1.807, 2.05) is 22.6 Å². The van der Waals surface area contributed by atoms with E-state index >= 15 is 0 Å². The molecule has 1 saturated heterocycles. The summed E-state index contributed by atoms with van der Waals surface area (Å²) in [6.45, 7) is 0.165. The van der Waals surface area contributed by atoms with Crippen LogP contribution in [-0.4, -0.2) is 29.2 Å². The fourth-order valence-corrected chi connectivity index (χ4v) is 4.62. The van der Waals surface area contributed by atoms with Gasteiger partial charge in [-0.2, -0.15) is 0 Å². The Bertz CT molecular complexity index is 1010. The van der Waals surface area contributed by atoms with Crippen LogP contribution in [0.15, 0.2) is 35.2 Å². The molecule has 2 aliphatic heterocycles. The van der Waals surface area contributed by atoms with Crippen LogP contribution in [-0.2, 0) is 4.79 Å². The average Bonchev–Trinajstić information content (AvgIpc) is 3.21. The number of hydrogen-bond donors (Lipinski definition) is 1. The van der Waals surface area contributed by atoms with Crippen molar-refractivity contribution in [3.05, 3.63) is 44.4 Å². The molecule has 0 bridgehead atoms. The third-order valence-corrected chi connectivity index (χ3v) is 6.10. The minimum Gasteiger partial charge on any atom is -0.504 e. The highest BCUT2D eigenvalue weighted by atomic mass is 127. The first-order valence-electron chi connectivity index (χ1n) is 7.72. The molecule has 0 aromatic heterocycles. The number of nitrogens with zero attached hydrogens (tertiary/aromatic N) is 1. The minimum absolute atomic E-state index is 0.0724. The fraction of sp³-hybridized carbons (Fsp3) is 0.111. The Morgan fingerprint density at radius 3 is 2.85 bits per heavy atom. The second kappa shape index (κ2) is 7.21. The third kappa shape index (κ3) is 3.34. The van der Waals surface area contributed by atoms with Gasteiger partial charge in [0.1, 0.15) is 0 Å². The number of thioether (sulfide) groups is 1. The molecule has 1 fully saturated rings. The first-order chi connectivity index (χ1) is 13.0. The van der Waals surface area contributed by atoms with E-state index in [2.05, 4.69) is 0 Å². The van der Waals surface area contributed by atoms with Gasteiger partial charge in [-0.3, -0.25) is 9.69 Å². The normalized spacial score (nSPS) is 17.1. The van der Waals surface area contributed by atoms with Gasteiger partial charge >= 0.3 is 0 Å². The van der Waals surface area contributed by atoms with E-state index in [1.54, 1.807) is 36.4 Å². The van der Waals surface area contributed by atoms with Crippen LogP contribution in [0.2, 0.25) is 0 Å². The van der Waals surface area contributed by atoms with Crippen molar-refractivity contribution in [1.29, 1.82) is 0 Å². The molecule has 138 valence electrons. The van der Waals surface area contributed by atoms with Crippen LogP contribution >= 0.6 is 46.6 Å². The van der Waals surface area contributed by atoms with Crippen LogP contribution in [0.25, 0.3) is 6.08 Å². The van der Waals surface area contributed by atoms with Crippen molar-refractivity contribution in [2.24, 2.45) is 0 Å². The molecule has 2 aliphatic rings. The Hall–Kier alpha value is -1.98. The van der Waals surface area contributed by atoms with Crippen molar-refractivity contribution < 1.29 is 24.1 Å². The Morgan fingerprint density at radius 2 is 2.07 bits per heavy atom. The van der Waals surface area contributed by atoms with Gasteiger partial charge in [0.15, 0.2) is 27.3 Å². The molecular weight excluding hydrogens is 501 g/mol. The lowest BCUT2D eigenvalue weighted by atomic mass is 10.2. The zero-order valence-electron chi connectivity index (χ0n) is 13.9. The summed E-state index contributed by atoms with van der Waals surface area (Å²) in [5.41, 5.74) is 1.36. The predicted octanol–water partition coefficient (Wildman–Crippen LogP) is 4.14. The summed E-state index contributed by atoms with van der Waals surface area (Å²) in [5, 5.41) is 9.97. The number of methoxy groups -OCH3 is 1. The van der Waals surface area contributed by atoms with E-state index in [4.69, 9.17) is 26.4 Å². The van der Waals surface area contributed by atoms with Crippen LogP contribution in [0.3, 0.4) is 0 Å². The van der Waals surface area contributed by atoms with Gasteiger partial charge in [0.2, 0.25) is 6.79 Å². The fourth-order valence-electron chi connectivity index (χ4n) is 2.70. The Kier molecular flexibility index (Phi) is 4.91. The summed E-state index contributed by atoms with van der Waals surface area (Å²) in [4.78, 5) is 14.9. The zero-order chi connectivity index (χ0) is 19.1. The quantitative estimate of drug-likeness (QED) is 0.376. The average molecular weight is 513 g/mol. The summed E-state index contributed by atoms with van der Waals surface area (Å²) in [7, 11) is 1.48. The van der Waals surface area contributed by atoms with Crippen molar-refractivity contribution in [3.63, 3.8) is 0 Å². The molecule has 0 unspecified atom stereocenters. The van der Waals surface area contributed by atoms with Crippen LogP contribution in [0.1, 0.15) is 5.56 Å². The zero-order valence-corrected chi connectivity index (χ0v) is 17.7. The summed E-state index contributed by atoms with van der Waals surface area (Å²) in [6.07, 6.45) is 1.73. The highest BCUT2D eigenvalue weighted by Crippen LogP contribution is 2.41. The largest absolute Gasteiger partial charge is 0.504 e. The van der Waals surface area contributed by atoms with Gasteiger partial charge in [-0.05, 0) is 58.5 Å². The van der Waals surface area contributed by atoms with Gasteiger partial charge in [0, 0.05) is 6.07 Å². The molecule has 27 heavy (non-hydrogen) atoms. The summed E-state index contributed by atoms with van der Waals surface area (Å²) >= 11 is 8.64. The number of thiocarbonyl (C=S) groups is 1. The molecule has 1 N–H and O–H groups in total. The number of phenols is 1. The molecular formula is C18H12INO5S2. The van der Waals surface area contributed by atoms with Gasteiger partial charge in [0.05, 0.1) is 21.3 Å². The number of fused-ring (bicyclic) bond motifs is 1. The molecule has 2 aromatic carbocycles. The van der Waals surface area contributed by atoms with Crippen molar-refractivity contribution >= 4 is 68.6 Å². The number of amides is 1. The topological polar surface area (TPSA) is 68.2 Å². The SMILES string of the molecule is COc1cc(/C=C2/SC(=S)N(c3ccc4c(c3)OCO4)C2=O)cc(I)c1O. The number of carbonyl (C=O) groups excluding carboxylic acids is 1. The summed E-state index contributed by atoms with van der Waals surface area (Å²) < 4.78 is 16.9. The van der Waals surface area contributed by atoms with E-state index in [-0.39, 0.29) is 18.4 Å². The smallest absolute Gasteiger partial charge is 0.270 e.